The van der Waals surface area contributed by atoms with Crippen LogP contribution in [0.4, 0.5) is 0 Å². The molecule has 0 bridgehead atoms. The van der Waals surface area contributed by atoms with Crippen LogP contribution in [-0.2, 0) is 0 Å². The monoisotopic (exact) mass is 333 g/mol. The zero-order chi connectivity index (χ0) is 17.4. The summed E-state index contributed by atoms with van der Waals surface area (Å²) < 4.78 is 5.99. The Morgan fingerprint density at radius 2 is 2.24 bits per heavy atom. The third-order valence-electron chi connectivity index (χ3n) is 4.60. The molecule has 1 fully saturated rings. The molecule has 25 heavy (non-hydrogen) atoms. The number of hydrogen-bond donors (Lipinski definition) is 2. The molecule has 0 spiro atoms. The van der Waals surface area contributed by atoms with Crippen molar-refractivity contribution in [3.63, 3.8) is 0 Å². The lowest BCUT2D eigenvalue weighted by Crippen LogP contribution is -2.21. The van der Waals surface area contributed by atoms with E-state index < -0.39 is 0 Å². The predicted octanol–water partition coefficient (Wildman–Crippen LogP) is 2.93. The number of nitriles is 1. The molecule has 2 atom stereocenters. The van der Waals surface area contributed by atoms with Crippen molar-refractivity contribution in [3.8, 4) is 23.2 Å². The van der Waals surface area contributed by atoms with E-state index in [4.69, 9.17) is 4.74 Å². The van der Waals surface area contributed by atoms with Crippen LogP contribution in [-0.4, -0.2) is 33.6 Å². The van der Waals surface area contributed by atoms with Crippen molar-refractivity contribution in [3.05, 3.63) is 41.9 Å². The number of para-hydroxylation sites is 1. The quantitative estimate of drug-likeness (QED) is 0.769. The molecule has 3 aromatic rings. The lowest BCUT2D eigenvalue weighted by atomic mass is 10.1. The molecule has 3 heterocycles. The van der Waals surface area contributed by atoms with Gasteiger partial charge in [-0.25, -0.2) is 9.97 Å². The molecule has 2 aromatic heterocycles. The van der Waals surface area contributed by atoms with E-state index in [-0.39, 0.29) is 6.10 Å². The highest BCUT2D eigenvalue weighted by atomic mass is 16.5. The summed E-state index contributed by atoms with van der Waals surface area (Å²) in [7, 11) is 0. The summed E-state index contributed by atoms with van der Waals surface area (Å²) in [5.74, 6) is 0.585. The number of benzene rings is 1. The number of hydrogen-bond acceptors (Lipinski definition) is 5. The van der Waals surface area contributed by atoms with Gasteiger partial charge in [-0.15, -0.1) is 0 Å². The lowest BCUT2D eigenvalue weighted by molar-refractivity contribution is 0.209. The van der Waals surface area contributed by atoms with E-state index in [9.17, 15) is 5.26 Å². The van der Waals surface area contributed by atoms with Crippen LogP contribution in [0.3, 0.4) is 0 Å². The number of fused-ring (bicyclic) bond motifs is 1. The number of rotatable bonds is 3. The Labute approximate surface area is 145 Å². The number of ether oxygens (including phenoxy) is 1. The van der Waals surface area contributed by atoms with E-state index >= 15 is 0 Å². The number of aromatic amines is 1. The molecule has 126 valence electrons. The van der Waals surface area contributed by atoms with E-state index in [1.54, 1.807) is 12.3 Å². The normalized spacial score (nSPS) is 19.9. The standard InChI is InChI=1S/C19H19N5O/c1-11-6-14(8-21-11)25-19-12(2)24-17(10-23-19)16-9-22-18-13(7-20)4-3-5-15(16)18/h3-5,9-11,14,21-22H,6,8H2,1-2H3/t11-,14?/m1/s1. The molecule has 4 rings (SSSR count). The molecule has 2 N–H and O–H groups in total. The van der Waals surface area contributed by atoms with Crippen molar-refractivity contribution in [2.75, 3.05) is 6.54 Å². The largest absolute Gasteiger partial charge is 0.472 e. The average Bonchev–Trinajstić information content (AvgIpc) is 3.22. The smallest absolute Gasteiger partial charge is 0.235 e. The summed E-state index contributed by atoms with van der Waals surface area (Å²) in [4.78, 5) is 12.3. The second-order valence-corrected chi connectivity index (χ2v) is 6.47. The van der Waals surface area contributed by atoms with Crippen molar-refractivity contribution in [1.29, 1.82) is 5.26 Å². The molecule has 1 unspecified atom stereocenters. The lowest BCUT2D eigenvalue weighted by Gasteiger charge is -2.13. The van der Waals surface area contributed by atoms with Crippen molar-refractivity contribution in [2.24, 2.45) is 0 Å². The number of aromatic nitrogens is 3. The fraction of sp³-hybridized carbons (Fsp3) is 0.316. The van der Waals surface area contributed by atoms with Crippen LogP contribution >= 0.6 is 0 Å². The van der Waals surface area contributed by atoms with Crippen LogP contribution in [0.1, 0.15) is 24.6 Å². The number of nitrogens with one attached hydrogen (secondary N) is 2. The third-order valence-corrected chi connectivity index (χ3v) is 4.60. The second kappa shape index (κ2) is 6.19. The predicted molar refractivity (Wildman–Crippen MR) is 95.3 cm³/mol. The molecule has 6 nitrogen and oxygen atoms in total. The summed E-state index contributed by atoms with van der Waals surface area (Å²) in [5.41, 5.74) is 3.92. The van der Waals surface area contributed by atoms with Crippen LogP contribution in [0.25, 0.3) is 22.2 Å². The van der Waals surface area contributed by atoms with Gasteiger partial charge in [-0.3, -0.25) is 0 Å². The van der Waals surface area contributed by atoms with Crippen molar-refractivity contribution in [2.45, 2.75) is 32.4 Å². The summed E-state index contributed by atoms with van der Waals surface area (Å²) in [6.07, 6.45) is 4.72. The zero-order valence-electron chi connectivity index (χ0n) is 14.2. The Kier molecular flexibility index (Phi) is 3.86. The summed E-state index contributed by atoms with van der Waals surface area (Å²) in [6, 6.07) is 8.34. The summed E-state index contributed by atoms with van der Waals surface area (Å²) in [6.45, 7) is 4.90. The minimum Gasteiger partial charge on any atom is -0.472 e. The summed E-state index contributed by atoms with van der Waals surface area (Å²) >= 11 is 0. The van der Waals surface area contributed by atoms with E-state index in [1.165, 1.54) is 0 Å². The van der Waals surface area contributed by atoms with E-state index in [2.05, 4.69) is 33.3 Å². The number of H-pyrrole nitrogens is 1. The van der Waals surface area contributed by atoms with Crippen LogP contribution in [0.5, 0.6) is 5.88 Å². The first-order chi connectivity index (χ1) is 12.2. The van der Waals surface area contributed by atoms with E-state index in [1.807, 2.05) is 25.3 Å². The molecule has 1 aromatic carbocycles. The molecule has 0 radical (unpaired) electrons. The first-order valence-electron chi connectivity index (χ1n) is 8.40. The molecule has 0 aliphatic carbocycles. The van der Waals surface area contributed by atoms with Crippen molar-refractivity contribution >= 4 is 10.9 Å². The minimum absolute atomic E-state index is 0.139. The van der Waals surface area contributed by atoms with Crippen LogP contribution in [0.15, 0.2) is 30.6 Å². The molecule has 0 saturated carbocycles. The topological polar surface area (TPSA) is 86.6 Å². The SMILES string of the molecule is Cc1nc(-c2c[nH]c3c(C#N)cccc23)cnc1OC1CN[C@H](C)C1. The fourth-order valence-electron chi connectivity index (χ4n) is 3.32. The van der Waals surface area contributed by atoms with E-state index in [0.717, 1.165) is 40.8 Å². The molecule has 0 amide bonds. The van der Waals surface area contributed by atoms with Gasteiger partial charge in [0, 0.05) is 36.2 Å². The van der Waals surface area contributed by atoms with Gasteiger partial charge in [-0.2, -0.15) is 5.26 Å². The Hall–Kier alpha value is -2.91. The van der Waals surface area contributed by atoms with Crippen LogP contribution < -0.4 is 10.1 Å². The first-order valence-corrected chi connectivity index (χ1v) is 8.40. The maximum Gasteiger partial charge on any atom is 0.235 e. The summed E-state index contributed by atoms with van der Waals surface area (Å²) in [5, 5.41) is 13.6. The zero-order valence-corrected chi connectivity index (χ0v) is 14.2. The van der Waals surface area contributed by atoms with Crippen molar-refractivity contribution < 1.29 is 4.74 Å². The first kappa shape index (κ1) is 15.6. The molecular formula is C19H19N5O. The van der Waals surface area contributed by atoms with Crippen molar-refractivity contribution in [1.82, 2.24) is 20.3 Å². The van der Waals surface area contributed by atoms with Gasteiger partial charge in [-0.1, -0.05) is 12.1 Å². The maximum absolute atomic E-state index is 9.23. The minimum atomic E-state index is 0.139. The molecule has 1 aliphatic rings. The van der Waals surface area contributed by atoms with Gasteiger partial charge in [0.15, 0.2) is 0 Å². The van der Waals surface area contributed by atoms with Gasteiger partial charge < -0.3 is 15.0 Å². The van der Waals surface area contributed by atoms with E-state index in [0.29, 0.717) is 17.5 Å². The second-order valence-electron chi connectivity index (χ2n) is 6.47. The maximum atomic E-state index is 9.23. The highest BCUT2D eigenvalue weighted by Crippen LogP contribution is 2.30. The van der Waals surface area contributed by atoms with Crippen LogP contribution in [0.2, 0.25) is 0 Å². The molecule has 1 saturated heterocycles. The average molecular weight is 333 g/mol. The Bertz CT molecular complexity index is 972. The van der Waals surface area contributed by atoms with Gasteiger partial charge in [0.05, 0.1) is 23.0 Å². The highest BCUT2D eigenvalue weighted by Gasteiger charge is 2.23. The fourth-order valence-corrected chi connectivity index (χ4v) is 3.32. The molecule has 1 aliphatic heterocycles. The van der Waals surface area contributed by atoms with Gasteiger partial charge in [0.2, 0.25) is 5.88 Å². The van der Waals surface area contributed by atoms with Gasteiger partial charge in [0.1, 0.15) is 17.9 Å². The Balaban J connectivity index is 1.66. The van der Waals surface area contributed by atoms with Gasteiger partial charge >= 0.3 is 0 Å². The van der Waals surface area contributed by atoms with Gasteiger partial charge in [0.25, 0.3) is 0 Å². The van der Waals surface area contributed by atoms with Crippen LogP contribution in [0, 0.1) is 18.3 Å². The number of aryl methyl sites for hydroxylation is 1. The molecule has 6 heteroatoms. The Morgan fingerprint density at radius 1 is 1.36 bits per heavy atom. The highest BCUT2D eigenvalue weighted by molar-refractivity contribution is 5.97. The third kappa shape index (κ3) is 2.83. The Morgan fingerprint density at radius 3 is 2.96 bits per heavy atom. The molecular weight excluding hydrogens is 314 g/mol. The van der Waals surface area contributed by atoms with Gasteiger partial charge in [-0.05, 0) is 19.9 Å². The number of nitrogens with zero attached hydrogens (tertiary/aromatic N) is 3.